The fourth-order valence-corrected chi connectivity index (χ4v) is 4.86. The molecule has 2 aliphatic heterocycles. The second-order valence-corrected chi connectivity index (χ2v) is 9.01. The molecular weight excluding hydrogens is 408 g/mol. The van der Waals surface area contributed by atoms with Crippen LogP contribution in [0, 0.1) is 5.92 Å². The summed E-state index contributed by atoms with van der Waals surface area (Å²) >= 11 is 0. The SMILES string of the molecule is C1=CC2CN(c3ccc(Cc4ccc(N5COc6ccccc6C5)cc4)cc3)COC2C=C1. The molecule has 2 heterocycles. The molecule has 1 saturated heterocycles. The smallest absolute Gasteiger partial charge is 0.161 e. The number of rotatable bonds is 4. The average Bonchev–Trinajstić information content (AvgIpc) is 2.89. The normalized spacial score (nSPS) is 21.3. The van der Waals surface area contributed by atoms with Crippen molar-refractivity contribution < 1.29 is 9.47 Å². The molecule has 2 atom stereocenters. The Morgan fingerprint density at radius 3 is 2.21 bits per heavy atom. The van der Waals surface area contributed by atoms with Crippen LogP contribution in [-0.4, -0.2) is 26.1 Å². The summed E-state index contributed by atoms with van der Waals surface area (Å²) < 4.78 is 11.9. The van der Waals surface area contributed by atoms with Crippen LogP contribution in [0.25, 0.3) is 0 Å². The Balaban J connectivity index is 1.08. The minimum absolute atomic E-state index is 0.222. The number of anilines is 2. The first kappa shape index (κ1) is 20.1. The zero-order valence-electron chi connectivity index (χ0n) is 18.6. The highest BCUT2D eigenvalue weighted by Gasteiger charge is 2.27. The Bertz CT molecular complexity index is 1170. The summed E-state index contributed by atoms with van der Waals surface area (Å²) in [6, 6.07) is 26.0. The van der Waals surface area contributed by atoms with Gasteiger partial charge in [0.2, 0.25) is 0 Å². The van der Waals surface area contributed by atoms with Gasteiger partial charge < -0.3 is 19.3 Å². The van der Waals surface area contributed by atoms with E-state index >= 15 is 0 Å². The molecule has 6 rings (SSSR count). The van der Waals surface area contributed by atoms with Gasteiger partial charge >= 0.3 is 0 Å². The van der Waals surface area contributed by atoms with E-state index in [9.17, 15) is 0 Å². The molecule has 4 heteroatoms. The minimum Gasteiger partial charge on any atom is -0.473 e. The molecule has 2 unspecified atom stereocenters. The molecule has 1 aliphatic carbocycles. The highest BCUT2D eigenvalue weighted by molar-refractivity contribution is 5.52. The van der Waals surface area contributed by atoms with Gasteiger partial charge in [-0.05, 0) is 47.9 Å². The predicted octanol–water partition coefficient (Wildman–Crippen LogP) is 5.54. The van der Waals surface area contributed by atoms with E-state index in [2.05, 4.69) is 94.8 Å². The van der Waals surface area contributed by atoms with Crippen LogP contribution < -0.4 is 14.5 Å². The van der Waals surface area contributed by atoms with Crippen molar-refractivity contribution >= 4 is 11.4 Å². The molecule has 0 N–H and O–H groups in total. The number of nitrogens with zero attached hydrogens (tertiary/aromatic N) is 2. The number of allylic oxidation sites excluding steroid dienone is 2. The molecule has 4 nitrogen and oxygen atoms in total. The maximum absolute atomic E-state index is 6.03. The molecule has 0 radical (unpaired) electrons. The van der Waals surface area contributed by atoms with Crippen molar-refractivity contribution in [2.75, 3.05) is 29.8 Å². The fourth-order valence-electron chi connectivity index (χ4n) is 4.86. The summed E-state index contributed by atoms with van der Waals surface area (Å²) in [7, 11) is 0. The second kappa shape index (κ2) is 8.80. The van der Waals surface area contributed by atoms with Crippen LogP contribution in [0.1, 0.15) is 16.7 Å². The van der Waals surface area contributed by atoms with Gasteiger partial charge in [-0.3, -0.25) is 0 Å². The lowest BCUT2D eigenvalue weighted by atomic mass is 9.95. The lowest BCUT2D eigenvalue weighted by molar-refractivity contribution is 0.0300. The summed E-state index contributed by atoms with van der Waals surface area (Å²) in [4.78, 5) is 4.59. The summed E-state index contributed by atoms with van der Waals surface area (Å²) in [5, 5.41) is 0. The molecule has 0 bridgehead atoms. The Morgan fingerprint density at radius 2 is 1.42 bits per heavy atom. The summed E-state index contributed by atoms with van der Waals surface area (Å²) in [6.45, 7) is 3.11. The highest BCUT2D eigenvalue weighted by atomic mass is 16.5. The monoisotopic (exact) mass is 436 g/mol. The number of ether oxygens (including phenoxy) is 2. The van der Waals surface area contributed by atoms with E-state index in [0.717, 1.165) is 25.3 Å². The molecule has 0 spiro atoms. The van der Waals surface area contributed by atoms with Gasteiger partial charge in [0.05, 0.1) is 6.10 Å². The first-order valence-corrected chi connectivity index (χ1v) is 11.7. The van der Waals surface area contributed by atoms with Crippen LogP contribution in [0.15, 0.2) is 97.1 Å². The second-order valence-electron chi connectivity index (χ2n) is 9.01. The number of para-hydroxylation sites is 1. The minimum atomic E-state index is 0.222. The van der Waals surface area contributed by atoms with Gasteiger partial charge in [0.1, 0.15) is 12.5 Å². The van der Waals surface area contributed by atoms with Crippen LogP contribution in [0.2, 0.25) is 0 Å². The molecule has 3 aliphatic rings. The van der Waals surface area contributed by atoms with Gasteiger partial charge in [0, 0.05) is 35.9 Å². The molecule has 0 aromatic heterocycles. The zero-order chi connectivity index (χ0) is 22.0. The van der Waals surface area contributed by atoms with Crippen molar-refractivity contribution in [3.63, 3.8) is 0 Å². The van der Waals surface area contributed by atoms with Gasteiger partial charge in [0.25, 0.3) is 0 Å². The van der Waals surface area contributed by atoms with Crippen molar-refractivity contribution in [3.8, 4) is 5.75 Å². The molecule has 3 aromatic carbocycles. The van der Waals surface area contributed by atoms with Crippen molar-refractivity contribution in [1.29, 1.82) is 0 Å². The van der Waals surface area contributed by atoms with Crippen molar-refractivity contribution in [3.05, 3.63) is 114 Å². The van der Waals surface area contributed by atoms with Crippen molar-refractivity contribution in [2.24, 2.45) is 5.92 Å². The van der Waals surface area contributed by atoms with E-state index in [0.29, 0.717) is 19.4 Å². The third-order valence-corrected chi connectivity index (χ3v) is 6.77. The standard InChI is InChI=1S/C29H28N2O2/c1-3-7-28-24(5-1)18-30(20-32-28)26-13-9-22(10-14-26)17-23-11-15-27(16-12-23)31-19-25-6-2-4-8-29(25)33-21-31/h1-16,24,28H,17-21H2. The van der Waals surface area contributed by atoms with E-state index < -0.39 is 0 Å². The van der Waals surface area contributed by atoms with Gasteiger partial charge in [0.15, 0.2) is 6.73 Å². The number of benzene rings is 3. The highest BCUT2D eigenvalue weighted by Crippen LogP contribution is 2.29. The van der Waals surface area contributed by atoms with Crippen molar-refractivity contribution in [2.45, 2.75) is 19.1 Å². The molecule has 1 fully saturated rings. The van der Waals surface area contributed by atoms with Gasteiger partial charge in [-0.15, -0.1) is 0 Å². The maximum Gasteiger partial charge on any atom is 0.161 e. The Hall–Kier alpha value is -3.50. The predicted molar refractivity (Wildman–Crippen MR) is 133 cm³/mol. The van der Waals surface area contributed by atoms with Crippen molar-refractivity contribution in [1.82, 2.24) is 0 Å². The summed E-state index contributed by atoms with van der Waals surface area (Å²) in [5.74, 6) is 1.43. The van der Waals surface area contributed by atoms with E-state index in [4.69, 9.17) is 9.47 Å². The van der Waals surface area contributed by atoms with Gasteiger partial charge in [-0.1, -0.05) is 66.8 Å². The molecule has 0 saturated carbocycles. The van der Waals surface area contributed by atoms with E-state index in [1.165, 1.54) is 28.1 Å². The lowest BCUT2D eigenvalue weighted by Gasteiger charge is -2.38. The van der Waals surface area contributed by atoms with Crippen LogP contribution in [0.3, 0.4) is 0 Å². The van der Waals surface area contributed by atoms with E-state index in [-0.39, 0.29) is 6.10 Å². The van der Waals surface area contributed by atoms with Crippen LogP contribution >= 0.6 is 0 Å². The third kappa shape index (κ3) is 4.27. The average molecular weight is 437 g/mol. The molecule has 0 amide bonds. The topological polar surface area (TPSA) is 24.9 Å². The van der Waals surface area contributed by atoms with Crippen LogP contribution in [0.4, 0.5) is 11.4 Å². The van der Waals surface area contributed by atoms with E-state index in [1.54, 1.807) is 0 Å². The number of hydrogen-bond acceptors (Lipinski definition) is 4. The third-order valence-electron chi connectivity index (χ3n) is 6.77. The molecule has 166 valence electrons. The fraction of sp³-hybridized carbons (Fsp3) is 0.241. The Labute approximate surface area is 195 Å². The Kier molecular flexibility index (Phi) is 5.37. The molecule has 3 aromatic rings. The largest absolute Gasteiger partial charge is 0.473 e. The molecular formula is C29H28N2O2. The van der Waals surface area contributed by atoms with Gasteiger partial charge in [-0.25, -0.2) is 0 Å². The summed E-state index contributed by atoms with van der Waals surface area (Å²) in [6.07, 6.45) is 9.77. The maximum atomic E-state index is 6.03. The molecule has 33 heavy (non-hydrogen) atoms. The number of hydrogen-bond donors (Lipinski definition) is 0. The number of fused-ring (bicyclic) bond motifs is 2. The zero-order valence-corrected chi connectivity index (χ0v) is 18.6. The summed E-state index contributed by atoms with van der Waals surface area (Å²) in [5.41, 5.74) is 6.28. The first-order valence-electron chi connectivity index (χ1n) is 11.7. The lowest BCUT2D eigenvalue weighted by Crippen LogP contribution is -2.44. The Morgan fingerprint density at radius 1 is 0.727 bits per heavy atom. The van der Waals surface area contributed by atoms with Gasteiger partial charge in [-0.2, -0.15) is 0 Å². The quantitative estimate of drug-likeness (QED) is 0.536. The van der Waals surface area contributed by atoms with E-state index in [1.807, 2.05) is 12.1 Å². The van der Waals surface area contributed by atoms with Crippen LogP contribution in [0.5, 0.6) is 5.75 Å². The first-order chi connectivity index (χ1) is 16.3. The van der Waals surface area contributed by atoms with Crippen LogP contribution in [-0.2, 0) is 17.7 Å².